The molecule has 2 rings (SSSR count). The van der Waals surface area contributed by atoms with Crippen LogP contribution in [0.4, 0.5) is 0 Å². The zero-order valence-corrected chi connectivity index (χ0v) is 13.7. The van der Waals surface area contributed by atoms with Gasteiger partial charge in [-0.3, -0.25) is 0 Å². The Kier molecular flexibility index (Phi) is 5.66. The van der Waals surface area contributed by atoms with Gasteiger partial charge in [0, 0.05) is 0 Å². The summed E-state index contributed by atoms with van der Waals surface area (Å²) in [5.74, 6) is 0.581. The zero-order chi connectivity index (χ0) is 17.5. The van der Waals surface area contributed by atoms with Crippen LogP contribution in [0.5, 0.6) is 11.5 Å². The number of methoxy groups -OCH3 is 1. The van der Waals surface area contributed by atoms with Gasteiger partial charge in [0.15, 0.2) is 0 Å². The van der Waals surface area contributed by atoms with Gasteiger partial charge in [0.2, 0.25) is 0 Å². The van der Waals surface area contributed by atoms with E-state index >= 15 is 0 Å². The van der Waals surface area contributed by atoms with E-state index in [-0.39, 0.29) is 10.6 Å². The maximum atomic E-state index is 12.1. The van der Waals surface area contributed by atoms with E-state index in [2.05, 4.69) is 0 Å². The second-order valence-corrected chi connectivity index (χ2v) is 5.16. The Morgan fingerprint density at radius 1 is 1.12 bits per heavy atom. The van der Waals surface area contributed by atoms with Crippen molar-refractivity contribution in [2.75, 3.05) is 7.11 Å². The van der Waals surface area contributed by atoms with Crippen molar-refractivity contribution in [3.05, 3.63) is 65.2 Å². The summed E-state index contributed by atoms with van der Waals surface area (Å²) >= 11 is 4.78. The first-order valence-corrected chi connectivity index (χ1v) is 7.32. The number of nitrogens with two attached hydrogens (primary N) is 1. The minimum absolute atomic E-state index is 0.0347. The molecule has 0 spiro atoms. The van der Waals surface area contributed by atoms with Gasteiger partial charge in [-0.15, -0.1) is 0 Å². The van der Waals surface area contributed by atoms with E-state index in [1.54, 1.807) is 61.7 Å². The summed E-state index contributed by atoms with van der Waals surface area (Å²) in [6.07, 6.45) is 1.57. The quantitative estimate of drug-likeness (QED) is 0.296. The maximum absolute atomic E-state index is 12.1. The van der Waals surface area contributed by atoms with Gasteiger partial charge in [-0.1, -0.05) is 24.4 Å². The van der Waals surface area contributed by atoms with Crippen LogP contribution in [0.1, 0.15) is 15.9 Å². The highest BCUT2D eigenvalue weighted by Crippen LogP contribution is 2.17. The van der Waals surface area contributed by atoms with Crippen molar-refractivity contribution in [1.29, 1.82) is 5.26 Å². The minimum Gasteiger partial charge on any atom is -0.497 e. The molecule has 0 aliphatic rings. The molecular formula is C18H14N2O3S. The monoisotopic (exact) mass is 338 g/mol. The lowest BCUT2D eigenvalue weighted by Gasteiger charge is -2.06. The number of hydrogen-bond acceptors (Lipinski definition) is 5. The van der Waals surface area contributed by atoms with E-state index in [0.717, 1.165) is 5.56 Å². The van der Waals surface area contributed by atoms with Crippen molar-refractivity contribution >= 4 is 29.3 Å². The molecule has 2 N–H and O–H groups in total. The number of thiocarbonyl (C=S) groups is 1. The molecular weight excluding hydrogens is 324 g/mol. The largest absolute Gasteiger partial charge is 0.497 e. The molecule has 24 heavy (non-hydrogen) atoms. The normalized spacial score (nSPS) is 10.6. The maximum Gasteiger partial charge on any atom is 0.343 e. The number of carbonyl (C=O) groups is 1. The fourth-order valence-corrected chi connectivity index (χ4v) is 1.95. The molecule has 120 valence electrons. The number of hydrogen-bond donors (Lipinski definition) is 1. The molecule has 0 aliphatic carbocycles. The Bertz CT molecular complexity index is 819. The lowest BCUT2D eigenvalue weighted by molar-refractivity contribution is 0.0734. The Balaban J connectivity index is 2.09. The van der Waals surface area contributed by atoms with Crippen LogP contribution < -0.4 is 15.2 Å². The number of benzene rings is 2. The molecule has 0 unspecified atom stereocenters. The van der Waals surface area contributed by atoms with E-state index in [1.165, 1.54) is 0 Å². The fourth-order valence-electron chi connectivity index (χ4n) is 1.85. The standard InChI is InChI=1S/C18H14N2O3S/c1-22-15-8-4-13(5-9-15)18(21)23-16-6-2-12(3-7-16)10-14(11-19)17(20)24/h2-10H,1H3,(H2,20,24)/b14-10-. The number of nitriles is 1. The third-order valence-corrected chi connectivity index (χ3v) is 3.33. The topological polar surface area (TPSA) is 85.3 Å². The van der Waals surface area contributed by atoms with Crippen molar-refractivity contribution in [2.45, 2.75) is 0 Å². The highest BCUT2D eigenvalue weighted by atomic mass is 32.1. The minimum atomic E-state index is -0.471. The van der Waals surface area contributed by atoms with Crippen molar-refractivity contribution in [3.63, 3.8) is 0 Å². The summed E-state index contributed by atoms with van der Waals surface area (Å²) in [5, 5.41) is 8.93. The molecule has 0 atom stereocenters. The van der Waals surface area contributed by atoms with Gasteiger partial charge in [0.25, 0.3) is 0 Å². The number of ether oxygens (including phenoxy) is 2. The fraction of sp³-hybridized carbons (Fsp3) is 0.0556. The molecule has 2 aromatic carbocycles. The molecule has 0 saturated carbocycles. The molecule has 0 fully saturated rings. The molecule has 0 saturated heterocycles. The Morgan fingerprint density at radius 3 is 2.21 bits per heavy atom. The highest BCUT2D eigenvalue weighted by Gasteiger charge is 2.08. The van der Waals surface area contributed by atoms with Gasteiger partial charge in [-0.2, -0.15) is 5.26 Å². The second kappa shape index (κ2) is 7.90. The van der Waals surface area contributed by atoms with Gasteiger partial charge in [-0.25, -0.2) is 4.79 Å². The van der Waals surface area contributed by atoms with Crippen molar-refractivity contribution < 1.29 is 14.3 Å². The van der Waals surface area contributed by atoms with Crippen molar-refractivity contribution in [2.24, 2.45) is 5.73 Å². The SMILES string of the molecule is COc1ccc(C(=O)Oc2ccc(/C=C(/C#N)C(N)=S)cc2)cc1. The van der Waals surface area contributed by atoms with Gasteiger partial charge in [0.05, 0.1) is 18.2 Å². The predicted molar refractivity (Wildman–Crippen MR) is 94.8 cm³/mol. The lowest BCUT2D eigenvalue weighted by Crippen LogP contribution is -2.09. The summed E-state index contributed by atoms with van der Waals surface area (Å²) < 4.78 is 10.3. The number of carbonyl (C=O) groups excluding carboxylic acids is 1. The summed E-state index contributed by atoms with van der Waals surface area (Å²) in [7, 11) is 1.55. The van der Waals surface area contributed by atoms with Crippen LogP contribution in [0.25, 0.3) is 6.08 Å². The molecule has 0 aromatic heterocycles. The Morgan fingerprint density at radius 2 is 1.71 bits per heavy atom. The van der Waals surface area contributed by atoms with E-state index < -0.39 is 5.97 Å². The van der Waals surface area contributed by atoms with E-state index in [0.29, 0.717) is 17.1 Å². The van der Waals surface area contributed by atoms with Crippen LogP contribution in [-0.2, 0) is 0 Å². The number of rotatable bonds is 5. The smallest absolute Gasteiger partial charge is 0.343 e. The van der Waals surface area contributed by atoms with Gasteiger partial charge >= 0.3 is 5.97 Å². The highest BCUT2D eigenvalue weighted by molar-refractivity contribution is 7.80. The molecule has 0 heterocycles. The molecule has 0 radical (unpaired) electrons. The summed E-state index contributed by atoms with van der Waals surface area (Å²) in [4.78, 5) is 12.1. The van der Waals surface area contributed by atoms with Gasteiger partial charge < -0.3 is 15.2 Å². The van der Waals surface area contributed by atoms with Crippen molar-refractivity contribution in [1.82, 2.24) is 0 Å². The third kappa shape index (κ3) is 4.41. The summed E-state index contributed by atoms with van der Waals surface area (Å²) in [5.41, 5.74) is 6.80. The van der Waals surface area contributed by atoms with Gasteiger partial charge in [-0.05, 0) is 48.0 Å². The molecule has 5 nitrogen and oxygen atoms in total. The summed E-state index contributed by atoms with van der Waals surface area (Å²) in [6.45, 7) is 0. The summed E-state index contributed by atoms with van der Waals surface area (Å²) in [6, 6.07) is 15.2. The number of esters is 1. The van der Waals surface area contributed by atoms with Crippen LogP contribution in [0.3, 0.4) is 0 Å². The average molecular weight is 338 g/mol. The zero-order valence-electron chi connectivity index (χ0n) is 12.9. The van der Waals surface area contributed by atoms with Crippen LogP contribution >= 0.6 is 12.2 Å². The van der Waals surface area contributed by atoms with Crippen LogP contribution in [0.15, 0.2) is 54.1 Å². The second-order valence-electron chi connectivity index (χ2n) is 4.72. The number of nitrogens with zero attached hydrogens (tertiary/aromatic N) is 1. The van der Waals surface area contributed by atoms with Crippen LogP contribution in [0.2, 0.25) is 0 Å². The molecule has 6 heteroatoms. The first-order valence-electron chi connectivity index (χ1n) is 6.91. The Hall–Kier alpha value is -3.17. The van der Waals surface area contributed by atoms with Crippen LogP contribution in [-0.4, -0.2) is 18.1 Å². The predicted octanol–water partition coefficient (Wildman–Crippen LogP) is 3.11. The molecule has 0 bridgehead atoms. The van der Waals surface area contributed by atoms with Gasteiger partial charge in [0.1, 0.15) is 22.6 Å². The van der Waals surface area contributed by atoms with E-state index in [1.807, 2.05) is 6.07 Å². The van der Waals surface area contributed by atoms with E-state index in [9.17, 15) is 4.79 Å². The lowest BCUT2D eigenvalue weighted by atomic mass is 10.1. The first-order chi connectivity index (χ1) is 11.5. The molecule has 0 amide bonds. The first kappa shape index (κ1) is 17.2. The van der Waals surface area contributed by atoms with Crippen molar-refractivity contribution in [3.8, 4) is 17.6 Å². The third-order valence-electron chi connectivity index (χ3n) is 3.11. The average Bonchev–Trinajstić information content (AvgIpc) is 2.60. The van der Waals surface area contributed by atoms with Crippen LogP contribution in [0, 0.1) is 11.3 Å². The van der Waals surface area contributed by atoms with E-state index in [4.69, 9.17) is 32.7 Å². The molecule has 0 aliphatic heterocycles. The Labute approximate surface area is 144 Å². The molecule has 2 aromatic rings.